The molecule has 0 saturated heterocycles. The lowest BCUT2D eigenvalue weighted by atomic mass is 9.98. The first kappa shape index (κ1) is 13.2. The third-order valence-corrected chi connectivity index (χ3v) is 3.02. The van der Waals surface area contributed by atoms with Crippen molar-refractivity contribution in [3.63, 3.8) is 0 Å². The van der Waals surface area contributed by atoms with E-state index in [0.29, 0.717) is 6.61 Å². The second-order valence-corrected chi connectivity index (χ2v) is 4.41. The van der Waals surface area contributed by atoms with Gasteiger partial charge in [-0.05, 0) is 43.2 Å². The lowest BCUT2D eigenvalue weighted by molar-refractivity contribution is 0.284. The zero-order valence-corrected chi connectivity index (χ0v) is 10.4. The van der Waals surface area contributed by atoms with Crippen molar-refractivity contribution in [3.8, 4) is 0 Å². The topological polar surface area (TPSA) is 20.2 Å². The predicted molar refractivity (Wildman–Crippen MR) is 69.7 cm³/mol. The van der Waals surface area contributed by atoms with E-state index in [0.717, 1.165) is 19.3 Å². The van der Waals surface area contributed by atoms with Gasteiger partial charge in [0.05, 0.1) is 0 Å². The molecular weight excluding hydrogens is 196 g/mol. The quantitative estimate of drug-likeness (QED) is 0.662. The molecule has 0 bridgehead atoms. The lowest BCUT2D eigenvalue weighted by Gasteiger charge is -2.08. The number of rotatable bonds is 8. The molecule has 1 aromatic carbocycles. The van der Waals surface area contributed by atoms with E-state index in [4.69, 9.17) is 5.11 Å². The van der Waals surface area contributed by atoms with Crippen molar-refractivity contribution in [1.29, 1.82) is 0 Å². The maximum Gasteiger partial charge on any atom is 0.0431 e. The van der Waals surface area contributed by atoms with Crippen LogP contribution in [0.15, 0.2) is 24.3 Å². The highest BCUT2D eigenvalue weighted by atomic mass is 16.2. The van der Waals surface area contributed by atoms with Gasteiger partial charge >= 0.3 is 0 Å². The number of unbranched alkanes of at least 4 members (excludes halogenated alkanes) is 3. The Morgan fingerprint density at radius 1 is 0.875 bits per heavy atom. The van der Waals surface area contributed by atoms with Crippen LogP contribution in [0.4, 0.5) is 0 Å². The van der Waals surface area contributed by atoms with Gasteiger partial charge in [0.15, 0.2) is 0 Å². The van der Waals surface area contributed by atoms with E-state index >= 15 is 0 Å². The smallest absolute Gasteiger partial charge is 0.0431 e. The van der Waals surface area contributed by atoms with Crippen LogP contribution in [0.1, 0.15) is 50.2 Å². The Morgan fingerprint density at radius 2 is 1.44 bits per heavy atom. The Hall–Kier alpha value is -0.820. The molecule has 0 heterocycles. The Bertz CT molecular complexity index is 252. The molecule has 0 radical (unpaired) electrons. The zero-order chi connectivity index (χ0) is 11.6. The fraction of sp³-hybridized carbons (Fsp3) is 0.600. The summed E-state index contributed by atoms with van der Waals surface area (Å²) in [5, 5.41) is 8.79. The minimum absolute atomic E-state index is 0.317. The third kappa shape index (κ3) is 4.80. The SMILES string of the molecule is CCCCCc1ccccc1CCCCO. The fourth-order valence-corrected chi connectivity index (χ4v) is 2.04. The molecule has 0 fully saturated rings. The number of benzene rings is 1. The molecule has 16 heavy (non-hydrogen) atoms. The molecule has 1 N–H and O–H groups in total. The van der Waals surface area contributed by atoms with E-state index in [-0.39, 0.29) is 0 Å². The van der Waals surface area contributed by atoms with Gasteiger partial charge in [-0.3, -0.25) is 0 Å². The third-order valence-electron chi connectivity index (χ3n) is 3.02. The Morgan fingerprint density at radius 3 is 1.94 bits per heavy atom. The van der Waals surface area contributed by atoms with E-state index < -0.39 is 0 Å². The van der Waals surface area contributed by atoms with Gasteiger partial charge in [-0.1, -0.05) is 44.0 Å². The molecule has 0 aliphatic rings. The van der Waals surface area contributed by atoms with Crippen LogP contribution in [-0.4, -0.2) is 11.7 Å². The summed E-state index contributed by atoms with van der Waals surface area (Å²) in [5.41, 5.74) is 2.99. The molecule has 90 valence electrons. The second-order valence-electron chi connectivity index (χ2n) is 4.41. The van der Waals surface area contributed by atoms with Crippen LogP contribution in [0.2, 0.25) is 0 Å². The fourth-order valence-electron chi connectivity index (χ4n) is 2.04. The number of aryl methyl sites for hydroxylation is 2. The van der Waals surface area contributed by atoms with E-state index in [1.807, 2.05) is 0 Å². The van der Waals surface area contributed by atoms with E-state index in [2.05, 4.69) is 31.2 Å². The van der Waals surface area contributed by atoms with Crippen molar-refractivity contribution < 1.29 is 5.11 Å². The standard InChI is InChI=1S/C15H24O/c1-2-3-4-9-14-10-5-6-11-15(14)12-7-8-13-16/h5-6,10-11,16H,2-4,7-9,12-13H2,1H3. The van der Waals surface area contributed by atoms with Crippen LogP contribution in [0.25, 0.3) is 0 Å². The van der Waals surface area contributed by atoms with Gasteiger partial charge in [0, 0.05) is 6.61 Å². The highest BCUT2D eigenvalue weighted by Crippen LogP contribution is 2.15. The molecule has 0 unspecified atom stereocenters. The van der Waals surface area contributed by atoms with Gasteiger partial charge in [0.2, 0.25) is 0 Å². The predicted octanol–water partition coefficient (Wildman–Crippen LogP) is 3.73. The summed E-state index contributed by atoms with van der Waals surface area (Å²) in [7, 11) is 0. The van der Waals surface area contributed by atoms with Crippen molar-refractivity contribution >= 4 is 0 Å². The van der Waals surface area contributed by atoms with Crippen LogP contribution in [0.3, 0.4) is 0 Å². The molecular formula is C15H24O. The van der Waals surface area contributed by atoms with Crippen LogP contribution in [0.5, 0.6) is 0 Å². The van der Waals surface area contributed by atoms with Crippen molar-refractivity contribution in [2.75, 3.05) is 6.61 Å². The van der Waals surface area contributed by atoms with Crippen LogP contribution in [-0.2, 0) is 12.8 Å². The average Bonchev–Trinajstić information content (AvgIpc) is 2.32. The van der Waals surface area contributed by atoms with E-state index in [1.54, 1.807) is 0 Å². The Kier molecular flexibility index (Phi) is 6.91. The maximum absolute atomic E-state index is 8.79. The van der Waals surface area contributed by atoms with Crippen molar-refractivity contribution in [1.82, 2.24) is 0 Å². The van der Waals surface area contributed by atoms with Crippen LogP contribution in [0, 0.1) is 0 Å². The minimum atomic E-state index is 0.317. The second kappa shape index (κ2) is 8.35. The lowest BCUT2D eigenvalue weighted by Crippen LogP contribution is -1.95. The number of aliphatic hydroxyl groups is 1. The summed E-state index contributed by atoms with van der Waals surface area (Å²) in [6, 6.07) is 8.75. The van der Waals surface area contributed by atoms with Crippen LogP contribution < -0.4 is 0 Å². The molecule has 0 atom stereocenters. The molecule has 0 amide bonds. The van der Waals surface area contributed by atoms with Crippen LogP contribution >= 0.6 is 0 Å². The van der Waals surface area contributed by atoms with Gasteiger partial charge in [0.25, 0.3) is 0 Å². The molecule has 0 aliphatic heterocycles. The van der Waals surface area contributed by atoms with E-state index in [9.17, 15) is 0 Å². The van der Waals surface area contributed by atoms with Gasteiger partial charge in [0.1, 0.15) is 0 Å². The van der Waals surface area contributed by atoms with Gasteiger partial charge in [-0.25, -0.2) is 0 Å². The van der Waals surface area contributed by atoms with Gasteiger partial charge in [-0.2, -0.15) is 0 Å². The maximum atomic E-state index is 8.79. The monoisotopic (exact) mass is 220 g/mol. The van der Waals surface area contributed by atoms with Crippen molar-refractivity contribution in [2.24, 2.45) is 0 Å². The van der Waals surface area contributed by atoms with Crippen molar-refractivity contribution in [2.45, 2.75) is 51.9 Å². The first-order valence-electron chi connectivity index (χ1n) is 6.56. The minimum Gasteiger partial charge on any atom is -0.396 e. The number of hydrogen-bond donors (Lipinski definition) is 1. The largest absolute Gasteiger partial charge is 0.396 e. The molecule has 1 heteroatoms. The van der Waals surface area contributed by atoms with Gasteiger partial charge < -0.3 is 5.11 Å². The Labute approximate surface area is 99.5 Å². The summed E-state index contributed by atoms with van der Waals surface area (Å²) in [6.45, 7) is 2.56. The molecule has 1 aromatic rings. The highest BCUT2D eigenvalue weighted by molar-refractivity contribution is 5.27. The zero-order valence-electron chi connectivity index (χ0n) is 10.4. The normalized spacial score (nSPS) is 10.6. The molecule has 1 nitrogen and oxygen atoms in total. The summed E-state index contributed by atoms with van der Waals surface area (Å²) in [6.07, 6.45) is 8.25. The summed E-state index contributed by atoms with van der Waals surface area (Å²) >= 11 is 0. The molecule has 0 aromatic heterocycles. The van der Waals surface area contributed by atoms with E-state index in [1.165, 1.54) is 36.8 Å². The van der Waals surface area contributed by atoms with Gasteiger partial charge in [-0.15, -0.1) is 0 Å². The van der Waals surface area contributed by atoms with Crippen molar-refractivity contribution in [3.05, 3.63) is 35.4 Å². The highest BCUT2D eigenvalue weighted by Gasteiger charge is 2.01. The first-order valence-corrected chi connectivity index (χ1v) is 6.56. The summed E-state index contributed by atoms with van der Waals surface area (Å²) < 4.78 is 0. The molecule has 0 spiro atoms. The first-order chi connectivity index (χ1) is 7.88. The summed E-state index contributed by atoms with van der Waals surface area (Å²) in [4.78, 5) is 0. The molecule has 1 rings (SSSR count). The molecule has 0 aliphatic carbocycles. The number of aliphatic hydroxyl groups excluding tert-OH is 1. The number of hydrogen-bond acceptors (Lipinski definition) is 1. The molecule has 0 saturated carbocycles. The summed E-state index contributed by atoms with van der Waals surface area (Å²) in [5.74, 6) is 0. The Balaban J connectivity index is 2.46. The average molecular weight is 220 g/mol.